The second kappa shape index (κ2) is 9.70. The molecular weight excluding hydrogens is 412 g/mol. The highest BCUT2D eigenvalue weighted by Gasteiger charge is 2.26. The van der Waals surface area contributed by atoms with Gasteiger partial charge in [0.25, 0.3) is 5.91 Å². The number of carbonyl (C=O) groups is 2. The maximum absolute atomic E-state index is 12.7. The molecule has 0 radical (unpaired) electrons. The van der Waals surface area contributed by atoms with Crippen molar-refractivity contribution in [2.75, 3.05) is 45.3 Å². The van der Waals surface area contributed by atoms with E-state index in [2.05, 4.69) is 5.32 Å². The molecule has 9 nitrogen and oxygen atoms in total. The van der Waals surface area contributed by atoms with E-state index >= 15 is 0 Å². The zero-order valence-electron chi connectivity index (χ0n) is 16.4. The average molecular weight is 434 g/mol. The Kier molecular flexibility index (Phi) is 7.03. The van der Waals surface area contributed by atoms with Crippen LogP contribution in [-0.2, 0) is 24.3 Å². The number of hydrogen-bond donors (Lipinski definition) is 1. The topological polar surface area (TPSA) is 111 Å². The molecule has 3 rings (SSSR count). The second-order valence-electron chi connectivity index (χ2n) is 6.40. The largest absolute Gasteiger partial charge is 0.497 e. The Labute approximate surface area is 174 Å². The van der Waals surface area contributed by atoms with E-state index in [0.29, 0.717) is 19.0 Å². The summed E-state index contributed by atoms with van der Waals surface area (Å²) in [4.78, 5) is 24.3. The average Bonchev–Trinajstić information content (AvgIpc) is 2.78. The van der Waals surface area contributed by atoms with Crippen molar-refractivity contribution in [1.82, 2.24) is 4.31 Å². The van der Waals surface area contributed by atoms with Crippen molar-refractivity contribution in [3.8, 4) is 5.75 Å². The summed E-state index contributed by atoms with van der Waals surface area (Å²) in [5, 5.41) is 2.54. The highest BCUT2D eigenvalue weighted by Crippen LogP contribution is 2.20. The molecule has 1 fully saturated rings. The van der Waals surface area contributed by atoms with E-state index in [1.54, 1.807) is 24.3 Å². The first kappa shape index (κ1) is 21.8. The van der Waals surface area contributed by atoms with Gasteiger partial charge in [-0.15, -0.1) is 0 Å². The highest BCUT2D eigenvalue weighted by atomic mass is 32.2. The lowest BCUT2D eigenvalue weighted by Gasteiger charge is -2.26. The monoisotopic (exact) mass is 434 g/mol. The van der Waals surface area contributed by atoms with Crippen molar-refractivity contribution >= 4 is 27.6 Å². The Balaban J connectivity index is 1.60. The standard InChI is InChI=1S/C20H22N2O7S/c1-27-17-6-2-4-15(12-17)20(24)29-14-19(23)21-16-5-3-7-18(13-16)30(25,26)22-8-10-28-11-9-22/h2-7,12-13H,8-11,14H2,1H3,(H,21,23). The first-order valence-electron chi connectivity index (χ1n) is 9.19. The summed E-state index contributed by atoms with van der Waals surface area (Å²) in [6, 6.07) is 12.3. The van der Waals surface area contributed by atoms with Gasteiger partial charge in [0.05, 0.1) is 30.8 Å². The number of amides is 1. The van der Waals surface area contributed by atoms with E-state index in [9.17, 15) is 18.0 Å². The fourth-order valence-corrected chi connectivity index (χ4v) is 4.29. The smallest absolute Gasteiger partial charge is 0.338 e. The molecule has 1 aliphatic rings. The fourth-order valence-electron chi connectivity index (χ4n) is 2.83. The van der Waals surface area contributed by atoms with Crippen molar-refractivity contribution in [1.29, 1.82) is 0 Å². The molecule has 1 amide bonds. The molecular formula is C20H22N2O7S. The molecule has 0 aromatic heterocycles. The van der Waals surface area contributed by atoms with E-state index in [1.165, 1.54) is 35.7 Å². The number of carbonyl (C=O) groups excluding carboxylic acids is 2. The van der Waals surface area contributed by atoms with Gasteiger partial charge in [-0.05, 0) is 36.4 Å². The number of nitrogens with one attached hydrogen (secondary N) is 1. The van der Waals surface area contributed by atoms with Crippen LogP contribution >= 0.6 is 0 Å². The van der Waals surface area contributed by atoms with E-state index in [4.69, 9.17) is 14.2 Å². The van der Waals surface area contributed by atoms with Gasteiger partial charge in [-0.1, -0.05) is 12.1 Å². The number of esters is 1. The molecule has 1 heterocycles. The van der Waals surface area contributed by atoms with Crippen LogP contribution in [0.4, 0.5) is 5.69 Å². The molecule has 2 aromatic carbocycles. The van der Waals surface area contributed by atoms with Gasteiger partial charge in [-0.2, -0.15) is 4.31 Å². The van der Waals surface area contributed by atoms with Crippen molar-refractivity contribution in [2.45, 2.75) is 4.90 Å². The van der Waals surface area contributed by atoms with Gasteiger partial charge in [0.1, 0.15) is 5.75 Å². The zero-order valence-corrected chi connectivity index (χ0v) is 17.2. The molecule has 10 heteroatoms. The molecule has 0 saturated carbocycles. The summed E-state index contributed by atoms with van der Waals surface area (Å²) in [6.45, 7) is 0.720. The minimum Gasteiger partial charge on any atom is -0.497 e. The van der Waals surface area contributed by atoms with Gasteiger partial charge >= 0.3 is 5.97 Å². The van der Waals surface area contributed by atoms with Crippen molar-refractivity contribution in [3.05, 3.63) is 54.1 Å². The number of rotatable bonds is 7. The predicted octanol–water partition coefficient (Wildman–Crippen LogP) is 1.51. The van der Waals surface area contributed by atoms with Crippen LogP contribution in [0.5, 0.6) is 5.75 Å². The SMILES string of the molecule is COc1cccc(C(=O)OCC(=O)Nc2cccc(S(=O)(=O)N3CCOCC3)c2)c1. The maximum Gasteiger partial charge on any atom is 0.338 e. The number of anilines is 1. The number of nitrogens with zero attached hydrogens (tertiary/aromatic N) is 1. The second-order valence-corrected chi connectivity index (χ2v) is 8.34. The molecule has 0 atom stereocenters. The number of sulfonamides is 1. The van der Waals surface area contributed by atoms with E-state index in [0.717, 1.165) is 0 Å². The van der Waals surface area contributed by atoms with Gasteiger partial charge in [-0.3, -0.25) is 4.79 Å². The lowest BCUT2D eigenvalue weighted by atomic mass is 10.2. The van der Waals surface area contributed by atoms with Crippen LogP contribution in [-0.4, -0.2) is 64.6 Å². The predicted molar refractivity (Wildman–Crippen MR) is 108 cm³/mol. The Morgan fingerprint density at radius 1 is 1.10 bits per heavy atom. The maximum atomic E-state index is 12.7. The Morgan fingerprint density at radius 2 is 1.83 bits per heavy atom. The Morgan fingerprint density at radius 3 is 2.57 bits per heavy atom. The summed E-state index contributed by atoms with van der Waals surface area (Å²) in [5.74, 6) is -0.771. The first-order valence-corrected chi connectivity index (χ1v) is 10.6. The molecule has 2 aromatic rings. The van der Waals surface area contributed by atoms with Crippen LogP contribution in [0, 0.1) is 0 Å². The van der Waals surface area contributed by atoms with E-state index in [1.807, 2.05) is 0 Å². The van der Waals surface area contributed by atoms with Crippen LogP contribution in [0.3, 0.4) is 0 Å². The van der Waals surface area contributed by atoms with Crippen molar-refractivity contribution < 1.29 is 32.2 Å². The van der Waals surface area contributed by atoms with Crippen LogP contribution in [0.25, 0.3) is 0 Å². The quantitative estimate of drug-likeness (QED) is 0.658. The van der Waals surface area contributed by atoms with Gasteiger partial charge in [0.2, 0.25) is 10.0 Å². The first-order chi connectivity index (χ1) is 14.4. The molecule has 0 aliphatic carbocycles. The van der Waals surface area contributed by atoms with Crippen LogP contribution < -0.4 is 10.1 Å². The molecule has 1 aliphatic heterocycles. The normalized spacial score (nSPS) is 14.7. The number of hydrogen-bond acceptors (Lipinski definition) is 7. The number of benzene rings is 2. The van der Waals surface area contributed by atoms with E-state index < -0.39 is 28.5 Å². The molecule has 0 spiro atoms. The van der Waals surface area contributed by atoms with Crippen molar-refractivity contribution in [2.24, 2.45) is 0 Å². The molecule has 1 N–H and O–H groups in total. The summed E-state index contributed by atoms with van der Waals surface area (Å²) >= 11 is 0. The van der Waals surface area contributed by atoms with Gasteiger partial charge in [0.15, 0.2) is 6.61 Å². The minimum atomic E-state index is -3.68. The molecule has 0 unspecified atom stereocenters. The van der Waals surface area contributed by atoms with Gasteiger partial charge in [0, 0.05) is 18.8 Å². The Bertz CT molecular complexity index is 1020. The number of ether oxygens (including phenoxy) is 3. The summed E-state index contributed by atoms with van der Waals surface area (Å²) in [7, 11) is -2.21. The van der Waals surface area contributed by atoms with E-state index in [-0.39, 0.29) is 29.2 Å². The Hall–Kier alpha value is -2.95. The molecule has 0 bridgehead atoms. The van der Waals surface area contributed by atoms with Crippen LogP contribution in [0.2, 0.25) is 0 Å². The molecule has 160 valence electrons. The number of methoxy groups -OCH3 is 1. The lowest BCUT2D eigenvalue weighted by Crippen LogP contribution is -2.40. The lowest BCUT2D eigenvalue weighted by molar-refractivity contribution is -0.119. The summed E-state index contributed by atoms with van der Waals surface area (Å²) in [5.41, 5.74) is 0.535. The molecule has 30 heavy (non-hydrogen) atoms. The summed E-state index contributed by atoms with van der Waals surface area (Å²) < 4.78 is 42.0. The molecule has 1 saturated heterocycles. The third kappa shape index (κ3) is 5.35. The third-order valence-electron chi connectivity index (χ3n) is 4.37. The zero-order chi connectivity index (χ0) is 21.6. The van der Waals surface area contributed by atoms with Gasteiger partial charge in [-0.25, -0.2) is 13.2 Å². The van der Waals surface area contributed by atoms with Gasteiger partial charge < -0.3 is 19.5 Å². The van der Waals surface area contributed by atoms with Crippen LogP contribution in [0.15, 0.2) is 53.4 Å². The number of morpholine rings is 1. The third-order valence-corrected chi connectivity index (χ3v) is 6.26. The van der Waals surface area contributed by atoms with Crippen molar-refractivity contribution in [3.63, 3.8) is 0 Å². The fraction of sp³-hybridized carbons (Fsp3) is 0.300. The summed E-state index contributed by atoms with van der Waals surface area (Å²) in [6.07, 6.45) is 0. The van der Waals surface area contributed by atoms with Crippen LogP contribution in [0.1, 0.15) is 10.4 Å². The minimum absolute atomic E-state index is 0.0653. The highest BCUT2D eigenvalue weighted by molar-refractivity contribution is 7.89.